The maximum absolute atomic E-state index is 11.2. The molecule has 78 valence electrons. The second-order valence-electron chi connectivity index (χ2n) is 3.09. The molecule has 3 N–H and O–H groups in total. The number of H-pyrrole nitrogens is 1. The number of anilines is 1. The number of nitrogens with two attached hydrogens (primary N) is 1. The smallest absolute Gasteiger partial charge is 0.265 e. The summed E-state index contributed by atoms with van der Waals surface area (Å²) in [6.07, 6.45) is 1.48. The summed E-state index contributed by atoms with van der Waals surface area (Å²) in [7, 11) is 0. The number of nitriles is 1. The van der Waals surface area contributed by atoms with Gasteiger partial charge in [-0.3, -0.25) is 4.79 Å². The molecule has 0 bridgehead atoms. The van der Waals surface area contributed by atoms with Crippen LogP contribution in [0.5, 0.6) is 0 Å². The molecular formula is C10H7N5O. The van der Waals surface area contributed by atoms with Crippen molar-refractivity contribution in [3.63, 3.8) is 0 Å². The van der Waals surface area contributed by atoms with E-state index in [-0.39, 0.29) is 5.56 Å². The van der Waals surface area contributed by atoms with Crippen LogP contribution in [0.1, 0.15) is 5.56 Å². The first-order valence-electron chi connectivity index (χ1n) is 4.43. The van der Waals surface area contributed by atoms with E-state index in [1.54, 1.807) is 18.2 Å². The molecule has 2 aromatic rings. The first kappa shape index (κ1) is 9.86. The largest absolute Gasteiger partial charge is 0.382 e. The van der Waals surface area contributed by atoms with Crippen LogP contribution in [0, 0.1) is 11.3 Å². The number of nitrogens with zero attached hydrogens (tertiary/aromatic N) is 3. The third kappa shape index (κ3) is 1.74. The van der Waals surface area contributed by atoms with Crippen LogP contribution in [0.15, 0.2) is 29.2 Å². The fourth-order valence-corrected chi connectivity index (χ4v) is 1.21. The molecule has 0 aliphatic carbocycles. The standard InChI is InChI=1S/C10H7N5O/c11-4-6-3-7(5-13-10(6)16)8-1-2-9(12)15-14-8/h1-3,5H,(H2,12,15)(H,13,16). The van der Waals surface area contributed by atoms with Crippen molar-refractivity contribution in [2.45, 2.75) is 0 Å². The van der Waals surface area contributed by atoms with E-state index in [0.717, 1.165) is 0 Å². The molecule has 2 heterocycles. The van der Waals surface area contributed by atoms with Gasteiger partial charge in [-0.1, -0.05) is 0 Å². The molecule has 0 saturated carbocycles. The summed E-state index contributed by atoms with van der Waals surface area (Å²) in [6, 6.07) is 6.52. The molecule has 0 aromatic carbocycles. The molecule has 0 atom stereocenters. The van der Waals surface area contributed by atoms with E-state index in [4.69, 9.17) is 11.0 Å². The minimum atomic E-state index is -0.422. The Morgan fingerprint density at radius 2 is 2.19 bits per heavy atom. The van der Waals surface area contributed by atoms with E-state index >= 15 is 0 Å². The molecule has 0 aliphatic heterocycles. The highest BCUT2D eigenvalue weighted by Gasteiger charge is 2.04. The fourth-order valence-electron chi connectivity index (χ4n) is 1.21. The van der Waals surface area contributed by atoms with Crippen molar-refractivity contribution in [2.75, 3.05) is 5.73 Å². The lowest BCUT2D eigenvalue weighted by atomic mass is 10.1. The van der Waals surface area contributed by atoms with Gasteiger partial charge in [0, 0.05) is 11.8 Å². The van der Waals surface area contributed by atoms with Crippen molar-refractivity contribution >= 4 is 5.82 Å². The van der Waals surface area contributed by atoms with E-state index in [2.05, 4.69) is 15.2 Å². The quantitative estimate of drug-likeness (QED) is 0.707. The molecule has 0 amide bonds. The van der Waals surface area contributed by atoms with Gasteiger partial charge in [0.25, 0.3) is 5.56 Å². The Hall–Kier alpha value is -2.68. The molecule has 2 rings (SSSR count). The van der Waals surface area contributed by atoms with Gasteiger partial charge >= 0.3 is 0 Å². The van der Waals surface area contributed by atoms with E-state index in [1.807, 2.05) is 0 Å². The number of hydrogen-bond donors (Lipinski definition) is 2. The average molecular weight is 213 g/mol. The predicted octanol–water partition coefficient (Wildman–Crippen LogP) is 0.286. The number of pyridine rings is 1. The molecule has 0 unspecified atom stereocenters. The van der Waals surface area contributed by atoms with Crippen LogP contribution in [0.4, 0.5) is 5.82 Å². The molecule has 16 heavy (non-hydrogen) atoms. The monoisotopic (exact) mass is 213 g/mol. The van der Waals surface area contributed by atoms with E-state index in [9.17, 15) is 4.79 Å². The van der Waals surface area contributed by atoms with Gasteiger partial charge in [-0.2, -0.15) is 5.26 Å². The Bertz CT molecular complexity index is 608. The van der Waals surface area contributed by atoms with Crippen LogP contribution >= 0.6 is 0 Å². The summed E-state index contributed by atoms with van der Waals surface area (Å²) in [4.78, 5) is 13.6. The summed E-state index contributed by atoms with van der Waals surface area (Å²) in [5, 5.41) is 16.2. The fraction of sp³-hybridized carbons (Fsp3) is 0. The molecule has 0 aliphatic rings. The first-order valence-corrected chi connectivity index (χ1v) is 4.43. The van der Waals surface area contributed by atoms with E-state index in [1.165, 1.54) is 12.3 Å². The van der Waals surface area contributed by atoms with Gasteiger partial charge in [-0.05, 0) is 18.2 Å². The van der Waals surface area contributed by atoms with E-state index in [0.29, 0.717) is 17.1 Å². The highest BCUT2D eigenvalue weighted by Crippen LogP contribution is 2.14. The van der Waals surface area contributed by atoms with Crippen LogP contribution in [0.2, 0.25) is 0 Å². The Balaban J connectivity index is 2.53. The van der Waals surface area contributed by atoms with E-state index < -0.39 is 5.56 Å². The summed E-state index contributed by atoms with van der Waals surface area (Å²) >= 11 is 0. The minimum absolute atomic E-state index is 0.0381. The molecule has 6 heteroatoms. The topological polar surface area (TPSA) is 108 Å². The van der Waals surface area contributed by atoms with Crippen LogP contribution in [-0.4, -0.2) is 15.2 Å². The Kier molecular flexibility index (Phi) is 2.36. The summed E-state index contributed by atoms with van der Waals surface area (Å²) < 4.78 is 0. The Morgan fingerprint density at radius 3 is 2.81 bits per heavy atom. The lowest BCUT2D eigenvalue weighted by Gasteiger charge is -1.99. The van der Waals surface area contributed by atoms with Gasteiger partial charge < -0.3 is 10.7 Å². The van der Waals surface area contributed by atoms with Crippen LogP contribution < -0.4 is 11.3 Å². The predicted molar refractivity (Wildman–Crippen MR) is 57.2 cm³/mol. The number of aromatic amines is 1. The van der Waals surface area contributed by atoms with Crippen molar-refractivity contribution in [3.8, 4) is 17.3 Å². The summed E-state index contributed by atoms with van der Waals surface area (Å²) in [6.45, 7) is 0. The van der Waals surface area contributed by atoms with Crippen molar-refractivity contribution in [1.82, 2.24) is 15.2 Å². The maximum atomic E-state index is 11.2. The molecule has 0 saturated heterocycles. The van der Waals surface area contributed by atoms with Crippen molar-refractivity contribution in [1.29, 1.82) is 5.26 Å². The zero-order valence-corrected chi connectivity index (χ0v) is 8.14. The zero-order chi connectivity index (χ0) is 11.5. The number of hydrogen-bond acceptors (Lipinski definition) is 5. The van der Waals surface area contributed by atoms with Crippen molar-refractivity contribution < 1.29 is 0 Å². The number of aromatic nitrogens is 3. The molecule has 2 aromatic heterocycles. The third-order valence-corrected chi connectivity index (χ3v) is 2.00. The van der Waals surface area contributed by atoms with Gasteiger partial charge in [0.05, 0.1) is 5.69 Å². The Labute approximate surface area is 90.4 Å². The number of nitrogens with one attached hydrogen (secondary N) is 1. The van der Waals surface area contributed by atoms with Gasteiger partial charge in [-0.25, -0.2) is 0 Å². The lowest BCUT2D eigenvalue weighted by molar-refractivity contribution is 1.04. The average Bonchev–Trinajstić information content (AvgIpc) is 2.31. The summed E-state index contributed by atoms with van der Waals surface area (Å²) in [5.74, 6) is 0.314. The Morgan fingerprint density at radius 1 is 1.38 bits per heavy atom. The second-order valence-corrected chi connectivity index (χ2v) is 3.09. The van der Waals surface area contributed by atoms with Crippen molar-refractivity contribution in [3.05, 3.63) is 40.3 Å². The highest BCUT2D eigenvalue weighted by atomic mass is 16.1. The lowest BCUT2D eigenvalue weighted by Crippen LogP contribution is -2.09. The molecule has 6 nitrogen and oxygen atoms in total. The van der Waals surface area contributed by atoms with Crippen molar-refractivity contribution in [2.24, 2.45) is 0 Å². The van der Waals surface area contributed by atoms with Gasteiger partial charge in [-0.15, -0.1) is 10.2 Å². The third-order valence-electron chi connectivity index (χ3n) is 2.00. The van der Waals surface area contributed by atoms with Crippen LogP contribution in [0.25, 0.3) is 11.3 Å². The molecule has 0 fully saturated rings. The SMILES string of the molecule is N#Cc1cc(-c2ccc(N)nn2)c[nH]c1=O. The highest BCUT2D eigenvalue weighted by molar-refractivity contribution is 5.59. The first-order chi connectivity index (χ1) is 7.70. The molecule has 0 spiro atoms. The normalized spacial score (nSPS) is 9.69. The summed E-state index contributed by atoms with van der Waals surface area (Å²) in [5.41, 5.74) is 6.18. The zero-order valence-electron chi connectivity index (χ0n) is 8.14. The second kappa shape index (κ2) is 3.82. The van der Waals surface area contributed by atoms with Crippen LogP contribution in [0.3, 0.4) is 0 Å². The number of nitrogen functional groups attached to an aromatic ring is 1. The molecular weight excluding hydrogens is 206 g/mol. The van der Waals surface area contributed by atoms with Gasteiger partial charge in [0.2, 0.25) is 0 Å². The van der Waals surface area contributed by atoms with Crippen LogP contribution in [-0.2, 0) is 0 Å². The maximum Gasteiger partial charge on any atom is 0.265 e. The minimum Gasteiger partial charge on any atom is -0.382 e. The van der Waals surface area contributed by atoms with Gasteiger partial charge in [0.15, 0.2) is 0 Å². The molecule has 0 radical (unpaired) electrons. The van der Waals surface area contributed by atoms with Gasteiger partial charge in [0.1, 0.15) is 17.5 Å². The number of rotatable bonds is 1.